The van der Waals surface area contributed by atoms with Crippen molar-refractivity contribution in [1.82, 2.24) is 9.88 Å². The number of hydrogen-bond acceptors (Lipinski definition) is 5. The molecule has 1 amide bonds. The third-order valence-corrected chi connectivity index (χ3v) is 6.41. The summed E-state index contributed by atoms with van der Waals surface area (Å²) in [7, 11) is 1.66. The molecule has 1 unspecified atom stereocenters. The Kier molecular flexibility index (Phi) is 6.45. The average molecular weight is 422 g/mol. The lowest BCUT2D eigenvalue weighted by Gasteiger charge is -2.31. The molecule has 30 heavy (non-hydrogen) atoms. The first kappa shape index (κ1) is 20.6. The molecule has 2 heterocycles. The van der Waals surface area contributed by atoms with E-state index in [9.17, 15) is 4.79 Å². The lowest BCUT2D eigenvalue weighted by Crippen LogP contribution is -2.40. The van der Waals surface area contributed by atoms with E-state index in [1.807, 2.05) is 61.7 Å². The van der Waals surface area contributed by atoms with E-state index in [4.69, 9.17) is 4.74 Å². The number of benzene rings is 2. The number of carbonyl (C=O) groups is 1. The number of nitrogens with one attached hydrogen (secondary N) is 1. The van der Waals surface area contributed by atoms with Crippen LogP contribution in [0.4, 0.5) is 5.69 Å². The molecule has 1 N–H and O–H groups in total. The van der Waals surface area contributed by atoms with Crippen molar-refractivity contribution in [1.29, 1.82) is 0 Å². The Balaban J connectivity index is 1.44. The number of likely N-dealkylation sites (tertiary alicyclic amines) is 1. The van der Waals surface area contributed by atoms with Crippen LogP contribution in [0.2, 0.25) is 0 Å². The number of para-hydroxylation sites is 1. The van der Waals surface area contributed by atoms with E-state index >= 15 is 0 Å². The Morgan fingerprint density at radius 2 is 2.03 bits per heavy atom. The van der Waals surface area contributed by atoms with Crippen molar-refractivity contribution in [2.45, 2.75) is 26.3 Å². The number of ether oxygens (including phenoxy) is 1. The quantitative estimate of drug-likeness (QED) is 0.610. The van der Waals surface area contributed by atoms with Crippen molar-refractivity contribution in [3.05, 3.63) is 64.6 Å². The number of hydrogen-bond donors (Lipinski definition) is 1. The SMILES string of the molecule is COc1ccc(-c2ccccc2NC(=O)C2CCCN(Cc3cnc(C)s3)C2)cc1. The second-order valence-corrected chi connectivity index (χ2v) is 9.00. The second-order valence-electron chi connectivity index (χ2n) is 7.68. The van der Waals surface area contributed by atoms with Gasteiger partial charge in [-0.2, -0.15) is 0 Å². The molecule has 1 aliphatic heterocycles. The lowest BCUT2D eigenvalue weighted by molar-refractivity contribution is -0.121. The molecule has 3 aromatic rings. The normalized spacial score (nSPS) is 16.9. The molecule has 0 spiro atoms. The van der Waals surface area contributed by atoms with Crippen LogP contribution in [0.3, 0.4) is 0 Å². The maximum Gasteiger partial charge on any atom is 0.228 e. The van der Waals surface area contributed by atoms with Crippen molar-refractivity contribution >= 4 is 22.9 Å². The van der Waals surface area contributed by atoms with Gasteiger partial charge >= 0.3 is 0 Å². The molecule has 2 aromatic carbocycles. The Hall–Kier alpha value is -2.70. The zero-order chi connectivity index (χ0) is 20.9. The van der Waals surface area contributed by atoms with Crippen LogP contribution in [0.25, 0.3) is 11.1 Å². The average Bonchev–Trinajstić information content (AvgIpc) is 3.19. The first-order chi connectivity index (χ1) is 14.6. The summed E-state index contributed by atoms with van der Waals surface area (Å²) in [5.74, 6) is 0.913. The highest BCUT2D eigenvalue weighted by Crippen LogP contribution is 2.30. The van der Waals surface area contributed by atoms with E-state index < -0.39 is 0 Å². The zero-order valence-electron chi connectivity index (χ0n) is 17.4. The van der Waals surface area contributed by atoms with Crippen LogP contribution in [0.1, 0.15) is 22.7 Å². The minimum absolute atomic E-state index is 0.00306. The van der Waals surface area contributed by atoms with Gasteiger partial charge in [0.25, 0.3) is 0 Å². The van der Waals surface area contributed by atoms with Crippen LogP contribution in [-0.4, -0.2) is 36.0 Å². The number of aromatic nitrogens is 1. The molecule has 1 aromatic heterocycles. The van der Waals surface area contributed by atoms with Gasteiger partial charge in [-0.15, -0.1) is 11.3 Å². The number of carbonyl (C=O) groups excluding carboxylic acids is 1. The molecular formula is C24H27N3O2S. The predicted molar refractivity (Wildman–Crippen MR) is 122 cm³/mol. The van der Waals surface area contributed by atoms with Crippen LogP contribution in [-0.2, 0) is 11.3 Å². The highest BCUT2D eigenvalue weighted by atomic mass is 32.1. The standard InChI is InChI=1S/C24H27N3O2S/c1-17-25-14-21(30-17)16-27-13-5-6-19(15-27)24(28)26-23-8-4-3-7-22(23)18-9-11-20(29-2)12-10-18/h3-4,7-12,14,19H,5-6,13,15-16H2,1-2H3,(H,26,28). The van der Waals surface area contributed by atoms with Crippen molar-refractivity contribution in [3.63, 3.8) is 0 Å². The number of nitrogens with zero attached hydrogens (tertiary/aromatic N) is 2. The van der Waals surface area contributed by atoms with Crippen LogP contribution in [0.15, 0.2) is 54.7 Å². The second kappa shape index (κ2) is 9.41. The molecule has 1 fully saturated rings. The summed E-state index contributed by atoms with van der Waals surface area (Å²) in [6, 6.07) is 15.9. The molecule has 0 aliphatic carbocycles. The van der Waals surface area contributed by atoms with Gasteiger partial charge in [0.15, 0.2) is 0 Å². The highest BCUT2D eigenvalue weighted by molar-refractivity contribution is 7.11. The number of methoxy groups -OCH3 is 1. The summed E-state index contributed by atoms with van der Waals surface area (Å²) in [5.41, 5.74) is 2.92. The Morgan fingerprint density at radius 3 is 2.77 bits per heavy atom. The maximum absolute atomic E-state index is 13.1. The van der Waals surface area contributed by atoms with Gasteiger partial charge in [0, 0.05) is 35.4 Å². The van der Waals surface area contributed by atoms with E-state index in [1.54, 1.807) is 18.4 Å². The van der Waals surface area contributed by atoms with Crippen LogP contribution >= 0.6 is 11.3 Å². The minimum Gasteiger partial charge on any atom is -0.497 e. The Morgan fingerprint density at radius 1 is 1.23 bits per heavy atom. The lowest BCUT2D eigenvalue weighted by atomic mass is 9.96. The van der Waals surface area contributed by atoms with Gasteiger partial charge in [0.05, 0.1) is 18.0 Å². The molecule has 0 saturated carbocycles. The van der Waals surface area contributed by atoms with E-state index in [2.05, 4.69) is 15.2 Å². The largest absolute Gasteiger partial charge is 0.497 e. The summed E-state index contributed by atoms with van der Waals surface area (Å²) < 4.78 is 5.26. The molecule has 1 aliphatic rings. The number of anilines is 1. The molecule has 0 bridgehead atoms. The maximum atomic E-state index is 13.1. The van der Waals surface area contributed by atoms with Gasteiger partial charge in [-0.3, -0.25) is 9.69 Å². The van der Waals surface area contributed by atoms with Crippen molar-refractivity contribution < 1.29 is 9.53 Å². The van der Waals surface area contributed by atoms with Gasteiger partial charge < -0.3 is 10.1 Å². The molecule has 1 atom stereocenters. The van der Waals surface area contributed by atoms with Crippen LogP contribution in [0, 0.1) is 12.8 Å². The first-order valence-corrected chi connectivity index (χ1v) is 11.1. The molecule has 0 radical (unpaired) electrons. The van der Waals surface area contributed by atoms with Crippen molar-refractivity contribution in [3.8, 4) is 16.9 Å². The fourth-order valence-corrected chi connectivity index (χ4v) is 4.80. The number of thiazole rings is 1. The molecule has 6 heteroatoms. The molecule has 156 valence electrons. The summed E-state index contributed by atoms with van der Waals surface area (Å²) in [4.78, 5) is 21.1. The minimum atomic E-state index is -0.00306. The van der Waals surface area contributed by atoms with Gasteiger partial charge in [0.1, 0.15) is 5.75 Å². The Bertz CT molecular complexity index is 1000. The van der Waals surface area contributed by atoms with Gasteiger partial charge in [-0.1, -0.05) is 30.3 Å². The van der Waals surface area contributed by atoms with E-state index in [0.29, 0.717) is 0 Å². The summed E-state index contributed by atoms with van der Waals surface area (Å²) >= 11 is 1.73. The topological polar surface area (TPSA) is 54.5 Å². The zero-order valence-corrected chi connectivity index (χ0v) is 18.2. The number of rotatable bonds is 6. The summed E-state index contributed by atoms with van der Waals surface area (Å²) in [6.07, 6.45) is 3.92. The van der Waals surface area contributed by atoms with Crippen molar-refractivity contribution in [2.75, 3.05) is 25.5 Å². The predicted octanol–water partition coefficient (Wildman–Crippen LogP) is 4.98. The highest BCUT2D eigenvalue weighted by Gasteiger charge is 2.26. The van der Waals surface area contributed by atoms with E-state index in [-0.39, 0.29) is 11.8 Å². The third-order valence-electron chi connectivity index (χ3n) is 5.51. The first-order valence-electron chi connectivity index (χ1n) is 10.3. The van der Waals surface area contributed by atoms with Gasteiger partial charge in [0.2, 0.25) is 5.91 Å². The van der Waals surface area contributed by atoms with Crippen LogP contribution < -0.4 is 10.1 Å². The molecule has 5 nitrogen and oxygen atoms in total. The summed E-state index contributed by atoms with van der Waals surface area (Å²) in [5, 5.41) is 4.28. The summed E-state index contributed by atoms with van der Waals surface area (Å²) in [6.45, 7) is 4.72. The van der Waals surface area contributed by atoms with Crippen molar-refractivity contribution in [2.24, 2.45) is 5.92 Å². The van der Waals surface area contributed by atoms with E-state index in [1.165, 1.54) is 4.88 Å². The molecular weight excluding hydrogens is 394 g/mol. The fourth-order valence-electron chi connectivity index (χ4n) is 3.96. The Labute approximate surface area is 181 Å². The number of aryl methyl sites for hydroxylation is 1. The molecule has 4 rings (SSSR count). The fraction of sp³-hybridized carbons (Fsp3) is 0.333. The smallest absolute Gasteiger partial charge is 0.228 e. The van der Waals surface area contributed by atoms with Gasteiger partial charge in [-0.05, 0) is 50.1 Å². The monoisotopic (exact) mass is 421 g/mol. The number of amides is 1. The number of piperidine rings is 1. The third kappa shape index (κ3) is 4.89. The van der Waals surface area contributed by atoms with E-state index in [0.717, 1.165) is 60.0 Å². The molecule has 1 saturated heterocycles. The van der Waals surface area contributed by atoms with Gasteiger partial charge in [-0.25, -0.2) is 4.98 Å². The van der Waals surface area contributed by atoms with Crippen LogP contribution in [0.5, 0.6) is 5.75 Å².